The lowest BCUT2D eigenvalue weighted by Gasteiger charge is -2.38. The van der Waals surface area contributed by atoms with Crippen molar-refractivity contribution in [3.63, 3.8) is 0 Å². The molecular formula is C63H52N10O13. The number of esters is 2. The number of aliphatic hydroxyl groups is 3. The molecule has 23 nitrogen and oxygen atoms in total. The van der Waals surface area contributed by atoms with Crippen molar-refractivity contribution in [3.05, 3.63) is 241 Å². The minimum Gasteiger partial charge on any atom is -0.455 e. The highest BCUT2D eigenvalue weighted by atomic mass is 16.6. The fourth-order valence-corrected chi connectivity index (χ4v) is 9.84. The SMILES string of the molecule is C[C@@H]1COC(n2cnc3c(N(C(=O)c4ccccc4)C(=O)c4ccccc4)ncnc32)[C@@H](O)[C@@H]1OC(=O)c1ccccc1.O=C(O[C@@H]1C(n2cnc3c(N(C(=O)c4ccccc4)C(=O)c4ccccc4)ncnc32)OC[C@@H](O)[C@@H]1O)c1ccccc1. The number of nitrogens with zero attached hydrogens (tertiary/aromatic N) is 10. The van der Waals surface area contributed by atoms with Crippen molar-refractivity contribution >= 4 is 69.5 Å². The molecule has 2 aliphatic heterocycles. The molecule has 2 unspecified atom stereocenters. The molecule has 23 heteroatoms. The summed E-state index contributed by atoms with van der Waals surface area (Å²) in [5, 5.41) is 32.5. The van der Waals surface area contributed by atoms with Crippen LogP contribution < -0.4 is 9.80 Å². The third-order valence-corrected chi connectivity index (χ3v) is 14.2. The van der Waals surface area contributed by atoms with Crippen molar-refractivity contribution in [1.29, 1.82) is 0 Å². The van der Waals surface area contributed by atoms with E-state index in [0.29, 0.717) is 5.56 Å². The Labute approximate surface area is 489 Å². The number of fused-ring (bicyclic) bond motifs is 2. The number of anilines is 2. The maximum Gasteiger partial charge on any atom is 0.338 e. The van der Waals surface area contributed by atoms with E-state index < -0.39 is 78.5 Å². The Morgan fingerprint density at radius 2 is 0.767 bits per heavy atom. The van der Waals surface area contributed by atoms with Crippen LogP contribution in [-0.2, 0) is 18.9 Å². The molecule has 0 aliphatic carbocycles. The predicted octanol–water partition coefficient (Wildman–Crippen LogP) is 6.85. The van der Waals surface area contributed by atoms with Gasteiger partial charge in [0.1, 0.15) is 37.1 Å². The number of ether oxygens (including phenoxy) is 4. The van der Waals surface area contributed by atoms with Crippen molar-refractivity contribution < 1.29 is 63.0 Å². The zero-order valence-electron chi connectivity index (χ0n) is 45.6. The molecule has 6 aromatic carbocycles. The zero-order valence-corrected chi connectivity index (χ0v) is 45.6. The van der Waals surface area contributed by atoms with Gasteiger partial charge in [0.25, 0.3) is 23.6 Å². The van der Waals surface area contributed by atoms with Crippen LogP contribution in [-0.4, -0.2) is 134 Å². The number of benzene rings is 6. The summed E-state index contributed by atoms with van der Waals surface area (Å²) >= 11 is 0. The Bertz CT molecular complexity index is 3950. The molecule has 86 heavy (non-hydrogen) atoms. The number of carbonyl (C=O) groups is 6. The van der Waals surface area contributed by atoms with E-state index in [4.69, 9.17) is 18.9 Å². The molecule has 4 amide bonds. The van der Waals surface area contributed by atoms with Gasteiger partial charge < -0.3 is 34.3 Å². The molecule has 2 saturated heterocycles. The maximum atomic E-state index is 13.8. The van der Waals surface area contributed by atoms with Gasteiger partial charge in [-0.25, -0.2) is 49.3 Å². The molecule has 2 aliphatic rings. The summed E-state index contributed by atoms with van der Waals surface area (Å²) in [5.41, 5.74) is 2.22. The van der Waals surface area contributed by atoms with E-state index in [1.165, 1.54) is 34.4 Å². The maximum absolute atomic E-state index is 13.8. The molecule has 0 spiro atoms. The molecule has 0 bridgehead atoms. The van der Waals surface area contributed by atoms with E-state index in [9.17, 15) is 44.1 Å². The number of imidazole rings is 2. The van der Waals surface area contributed by atoms with Gasteiger partial charge in [-0.3, -0.25) is 28.3 Å². The molecule has 6 heterocycles. The van der Waals surface area contributed by atoms with E-state index in [0.717, 1.165) is 9.80 Å². The van der Waals surface area contributed by atoms with Gasteiger partial charge in [-0.2, -0.15) is 0 Å². The summed E-state index contributed by atoms with van der Waals surface area (Å²) in [6.45, 7) is 1.72. The number of amides is 4. The van der Waals surface area contributed by atoms with Gasteiger partial charge in [0.15, 0.2) is 52.5 Å². The first-order chi connectivity index (χ1) is 41.9. The van der Waals surface area contributed by atoms with Gasteiger partial charge in [-0.15, -0.1) is 0 Å². The lowest BCUT2D eigenvalue weighted by Crippen LogP contribution is -2.52. The lowest BCUT2D eigenvalue weighted by atomic mass is 9.96. The topological polar surface area (TPSA) is 294 Å². The van der Waals surface area contributed by atoms with Crippen LogP contribution in [0.2, 0.25) is 0 Å². The number of imide groups is 2. The van der Waals surface area contributed by atoms with E-state index in [1.54, 1.807) is 182 Å². The van der Waals surface area contributed by atoms with Gasteiger partial charge in [0.2, 0.25) is 0 Å². The Morgan fingerprint density at radius 1 is 0.430 bits per heavy atom. The van der Waals surface area contributed by atoms with Crippen LogP contribution in [0.15, 0.2) is 207 Å². The second-order valence-corrected chi connectivity index (χ2v) is 19.8. The normalized spacial score (nSPS) is 20.0. The zero-order chi connectivity index (χ0) is 59.8. The van der Waals surface area contributed by atoms with Crippen LogP contribution in [0.3, 0.4) is 0 Å². The summed E-state index contributed by atoms with van der Waals surface area (Å²) in [7, 11) is 0. The van der Waals surface area contributed by atoms with E-state index in [2.05, 4.69) is 29.9 Å². The molecular weight excluding hydrogens is 1100 g/mol. The smallest absolute Gasteiger partial charge is 0.338 e. The first-order valence-corrected chi connectivity index (χ1v) is 27.0. The Morgan fingerprint density at radius 3 is 1.15 bits per heavy atom. The highest BCUT2D eigenvalue weighted by molar-refractivity contribution is 6.28. The first-order valence-electron chi connectivity index (χ1n) is 27.0. The summed E-state index contributed by atoms with van der Waals surface area (Å²) in [6, 6.07) is 50.0. The molecule has 12 rings (SSSR count). The van der Waals surface area contributed by atoms with Crippen molar-refractivity contribution in [1.82, 2.24) is 39.0 Å². The summed E-state index contributed by atoms with van der Waals surface area (Å²) < 4.78 is 26.1. The molecule has 432 valence electrons. The van der Waals surface area contributed by atoms with Crippen LogP contribution in [0, 0.1) is 5.92 Å². The van der Waals surface area contributed by atoms with E-state index in [-0.39, 0.29) is 80.9 Å². The molecule has 2 fully saturated rings. The Balaban J connectivity index is 0.000000179. The summed E-state index contributed by atoms with van der Waals surface area (Å²) in [5.74, 6) is -4.18. The standard InChI is InChI=1S/C32H27N5O6.C31H25N5O7/c1-20-17-42-31(25(38)26(20)43-32(41)23-15-9-4-10-16-23)36-19-35-24-27(36)33-18-34-28(24)37(29(39)21-11-5-2-6-12-21)30(40)22-13-7-3-8-14-22;37-22-16-42-30(25(24(22)38)43-31(41)21-14-8-3-9-15-21)35-18-34-23-26(35)32-17-33-27(23)36(28(39)19-10-4-1-5-11-19)29(40)20-12-6-2-7-13-20/h2-16,18-20,25-26,31,38H,17H2,1H3;1-15,17-18,22,24-25,30,37-38H,16H2/t20-,25+,26-,31?;22-,24+,25+,30?/m11/s1. The number of hydrogen-bond acceptors (Lipinski definition) is 19. The fraction of sp³-hybridized carbons (Fsp3) is 0.175. The van der Waals surface area contributed by atoms with Gasteiger partial charge in [-0.1, -0.05) is 116 Å². The van der Waals surface area contributed by atoms with Crippen molar-refractivity contribution in [2.75, 3.05) is 23.0 Å². The Kier molecular flexibility index (Phi) is 17.0. The molecule has 4 aromatic heterocycles. The van der Waals surface area contributed by atoms with Crippen LogP contribution in [0.4, 0.5) is 11.6 Å². The second kappa shape index (κ2) is 25.5. The number of hydrogen-bond donors (Lipinski definition) is 3. The third-order valence-electron chi connectivity index (χ3n) is 14.2. The quantitative estimate of drug-likeness (QED) is 0.0832. The molecule has 3 N–H and O–H groups in total. The van der Waals surface area contributed by atoms with Crippen LogP contribution >= 0.6 is 0 Å². The second-order valence-electron chi connectivity index (χ2n) is 19.8. The van der Waals surface area contributed by atoms with Gasteiger partial charge in [0, 0.05) is 28.2 Å². The van der Waals surface area contributed by atoms with Gasteiger partial charge >= 0.3 is 11.9 Å². The van der Waals surface area contributed by atoms with Crippen molar-refractivity contribution in [2.45, 2.75) is 49.9 Å². The largest absolute Gasteiger partial charge is 0.455 e. The van der Waals surface area contributed by atoms with Gasteiger partial charge in [-0.05, 0) is 72.8 Å². The van der Waals surface area contributed by atoms with Crippen LogP contribution in [0.5, 0.6) is 0 Å². The van der Waals surface area contributed by atoms with Crippen LogP contribution in [0.25, 0.3) is 22.3 Å². The average Bonchev–Trinajstić information content (AvgIpc) is 4.40. The van der Waals surface area contributed by atoms with E-state index >= 15 is 0 Å². The molecule has 8 atom stereocenters. The first kappa shape index (κ1) is 57.3. The van der Waals surface area contributed by atoms with E-state index in [1.807, 2.05) is 6.92 Å². The predicted molar refractivity (Wildman–Crippen MR) is 307 cm³/mol. The Hall–Kier alpha value is -10.6. The third kappa shape index (κ3) is 11.7. The summed E-state index contributed by atoms with van der Waals surface area (Å²) in [6.07, 6.45) is -3.46. The summed E-state index contributed by atoms with van der Waals surface area (Å²) in [4.78, 5) is 109. The van der Waals surface area contributed by atoms with Crippen LogP contribution in [0.1, 0.15) is 81.5 Å². The van der Waals surface area contributed by atoms with Crippen molar-refractivity contribution in [3.8, 4) is 0 Å². The minimum atomic E-state index is -1.50. The molecule has 0 saturated carbocycles. The van der Waals surface area contributed by atoms with Crippen molar-refractivity contribution in [2.24, 2.45) is 5.92 Å². The highest BCUT2D eigenvalue weighted by Crippen LogP contribution is 2.36. The number of carbonyl (C=O) groups excluding carboxylic acids is 6. The minimum absolute atomic E-state index is 0.0304. The number of aliphatic hydroxyl groups excluding tert-OH is 3. The highest BCUT2D eigenvalue weighted by Gasteiger charge is 2.45. The van der Waals surface area contributed by atoms with Gasteiger partial charge in [0.05, 0.1) is 37.0 Å². The monoisotopic (exact) mass is 1160 g/mol. The average molecular weight is 1160 g/mol. The molecule has 10 aromatic rings. The lowest BCUT2D eigenvalue weighted by molar-refractivity contribution is -0.210. The fourth-order valence-electron chi connectivity index (χ4n) is 9.84. The number of rotatable bonds is 12. The molecule has 0 radical (unpaired) electrons. The number of aromatic nitrogens is 8.